The number of H-pyrrole nitrogens is 1. The molecule has 108 valence electrons. The molecule has 6 heteroatoms. The van der Waals surface area contributed by atoms with Crippen LogP contribution < -0.4 is 5.73 Å². The lowest BCUT2D eigenvalue weighted by atomic mass is 9.98. The summed E-state index contributed by atoms with van der Waals surface area (Å²) in [5, 5.41) is 0. The molecule has 1 heterocycles. The molecular weight excluding hydrogens is 279 g/mol. The Labute approximate surface area is 117 Å². The summed E-state index contributed by atoms with van der Waals surface area (Å²) in [4.78, 5) is 2.00. The molecule has 1 aromatic heterocycles. The molecule has 0 aliphatic carbocycles. The van der Waals surface area contributed by atoms with Gasteiger partial charge in [0.25, 0.3) is 0 Å². The third-order valence-electron chi connectivity index (χ3n) is 3.29. The van der Waals surface area contributed by atoms with E-state index in [1.54, 1.807) is 12.1 Å². The number of hydrogen-bond acceptors (Lipinski definition) is 3. The van der Waals surface area contributed by atoms with E-state index in [4.69, 9.17) is 5.73 Å². The molecule has 0 aliphatic heterocycles. The summed E-state index contributed by atoms with van der Waals surface area (Å²) in [6.07, 6.45) is 2.03. The van der Waals surface area contributed by atoms with Crippen LogP contribution in [-0.2, 0) is 9.84 Å². The second kappa shape index (κ2) is 5.76. The summed E-state index contributed by atoms with van der Waals surface area (Å²) >= 11 is 0. The van der Waals surface area contributed by atoms with Gasteiger partial charge in [0.15, 0.2) is 0 Å². The van der Waals surface area contributed by atoms with Crippen molar-refractivity contribution in [1.82, 2.24) is 4.98 Å². The van der Waals surface area contributed by atoms with Gasteiger partial charge in [-0.25, -0.2) is 8.42 Å². The van der Waals surface area contributed by atoms with Crippen LogP contribution in [0, 0.1) is 5.95 Å². The summed E-state index contributed by atoms with van der Waals surface area (Å²) in [5.41, 5.74) is 6.40. The number of nitrogens with two attached hydrogens (primary N) is 1. The minimum absolute atomic E-state index is 0.0948. The molecule has 1 aromatic carbocycles. The maximum atomic E-state index is 13.5. The minimum Gasteiger partial charge on any atom is -0.337 e. The van der Waals surface area contributed by atoms with E-state index in [0.717, 1.165) is 12.0 Å². The van der Waals surface area contributed by atoms with Gasteiger partial charge < -0.3 is 10.7 Å². The van der Waals surface area contributed by atoms with Gasteiger partial charge in [0, 0.05) is 6.20 Å². The highest BCUT2D eigenvalue weighted by Crippen LogP contribution is 2.26. The zero-order valence-electron chi connectivity index (χ0n) is 11.1. The van der Waals surface area contributed by atoms with Crippen LogP contribution in [0.2, 0.25) is 0 Å². The van der Waals surface area contributed by atoms with Crippen LogP contribution in [0.25, 0.3) is 0 Å². The first-order valence-corrected chi connectivity index (χ1v) is 7.83. The van der Waals surface area contributed by atoms with Gasteiger partial charge in [-0.2, -0.15) is 4.39 Å². The normalized spacial score (nSPS) is 13.3. The Morgan fingerprint density at radius 3 is 2.70 bits per heavy atom. The van der Waals surface area contributed by atoms with E-state index >= 15 is 0 Å². The molecule has 0 saturated heterocycles. The van der Waals surface area contributed by atoms with Crippen molar-refractivity contribution < 1.29 is 12.8 Å². The molecule has 0 radical (unpaired) electrons. The van der Waals surface area contributed by atoms with Gasteiger partial charge in [-0.05, 0) is 42.6 Å². The second-order valence-electron chi connectivity index (χ2n) is 4.71. The Morgan fingerprint density at radius 1 is 1.35 bits per heavy atom. The van der Waals surface area contributed by atoms with Crippen molar-refractivity contribution in [3.05, 3.63) is 48.0 Å². The molecule has 4 nitrogen and oxygen atoms in total. The quantitative estimate of drug-likeness (QED) is 0.889. The first-order chi connectivity index (χ1) is 9.46. The van der Waals surface area contributed by atoms with Crippen LogP contribution in [0.5, 0.6) is 0 Å². The summed E-state index contributed by atoms with van der Waals surface area (Å²) in [6.45, 7) is 2.51. The Hall–Kier alpha value is -1.66. The lowest BCUT2D eigenvalue weighted by molar-refractivity contribution is 0.548. The van der Waals surface area contributed by atoms with Gasteiger partial charge >= 0.3 is 0 Å². The van der Waals surface area contributed by atoms with Crippen molar-refractivity contribution in [1.29, 1.82) is 0 Å². The van der Waals surface area contributed by atoms with Crippen LogP contribution >= 0.6 is 0 Å². The fourth-order valence-corrected chi connectivity index (χ4v) is 3.42. The van der Waals surface area contributed by atoms with E-state index in [9.17, 15) is 12.8 Å². The van der Waals surface area contributed by atoms with Crippen molar-refractivity contribution in [3.63, 3.8) is 0 Å². The molecular formula is C14H17FN2O2S. The Bertz CT molecular complexity index is 695. The van der Waals surface area contributed by atoms with E-state index in [2.05, 4.69) is 4.98 Å². The topological polar surface area (TPSA) is 76.0 Å². The van der Waals surface area contributed by atoms with Crippen molar-refractivity contribution in [2.24, 2.45) is 5.73 Å². The summed E-state index contributed by atoms with van der Waals surface area (Å²) in [6, 6.07) is 7.80. The molecule has 1 atom stereocenters. The Balaban J connectivity index is 2.43. The third kappa shape index (κ3) is 2.76. The molecule has 0 aliphatic rings. The highest BCUT2D eigenvalue weighted by atomic mass is 32.2. The van der Waals surface area contributed by atoms with Gasteiger partial charge in [0.05, 0.1) is 4.90 Å². The molecule has 0 saturated carbocycles. The van der Waals surface area contributed by atoms with E-state index in [-0.39, 0.29) is 15.7 Å². The molecule has 2 rings (SSSR count). The number of benzene rings is 1. The van der Waals surface area contributed by atoms with Gasteiger partial charge in [0.2, 0.25) is 15.8 Å². The average molecular weight is 296 g/mol. The molecule has 0 fully saturated rings. The highest BCUT2D eigenvalue weighted by Gasteiger charge is 2.23. The lowest BCUT2D eigenvalue weighted by Crippen LogP contribution is -2.07. The van der Waals surface area contributed by atoms with Gasteiger partial charge in [-0.3, -0.25) is 0 Å². The molecule has 3 N–H and O–H groups in total. The van der Waals surface area contributed by atoms with Crippen LogP contribution in [0.15, 0.2) is 46.3 Å². The maximum Gasteiger partial charge on any atom is 0.211 e. The summed E-state index contributed by atoms with van der Waals surface area (Å²) in [5.74, 6) is -0.684. The van der Waals surface area contributed by atoms with Crippen LogP contribution in [0.4, 0.5) is 4.39 Å². The monoisotopic (exact) mass is 296 g/mol. The maximum absolute atomic E-state index is 13.5. The van der Waals surface area contributed by atoms with Crippen molar-refractivity contribution in [2.75, 3.05) is 6.54 Å². The molecule has 0 spiro atoms. The predicted molar refractivity (Wildman–Crippen MR) is 74.7 cm³/mol. The minimum atomic E-state index is -3.83. The van der Waals surface area contributed by atoms with Crippen molar-refractivity contribution in [3.8, 4) is 0 Å². The number of hydrogen-bond donors (Lipinski definition) is 2. The smallest absolute Gasteiger partial charge is 0.211 e. The second-order valence-corrected chi connectivity index (χ2v) is 6.63. The number of rotatable bonds is 5. The molecule has 2 aromatic rings. The Kier molecular flexibility index (Phi) is 4.25. The number of halogens is 1. The van der Waals surface area contributed by atoms with Crippen LogP contribution in [-0.4, -0.2) is 19.9 Å². The van der Waals surface area contributed by atoms with Crippen LogP contribution in [0.1, 0.15) is 24.8 Å². The standard InChI is InChI=1S/C14H17FN2O2S/c1-10(5-7-16)11-3-2-4-12(9-11)20(18,19)13-6-8-17-14(13)15/h2-4,6,8-10,17H,5,7,16H2,1H3. The zero-order valence-corrected chi connectivity index (χ0v) is 12.0. The number of sulfone groups is 1. The van der Waals surface area contributed by atoms with E-state index < -0.39 is 15.8 Å². The Morgan fingerprint density at radius 2 is 2.10 bits per heavy atom. The van der Waals surface area contributed by atoms with Crippen molar-refractivity contribution >= 4 is 9.84 Å². The van der Waals surface area contributed by atoms with Crippen LogP contribution in [0.3, 0.4) is 0 Å². The SMILES string of the molecule is CC(CCN)c1cccc(S(=O)(=O)c2cc[nH]c2F)c1. The fourth-order valence-electron chi connectivity index (χ4n) is 2.07. The first kappa shape index (κ1) is 14.7. The number of aromatic nitrogens is 1. The number of aromatic amines is 1. The van der Waals surface area contributed by atoms with Crippen molar-refractivity contribution in [2.45, 2.75) is 29.1 Å². The predicted octanol–water partition coefficient (Wildman–Crippen LogP) is 2.44. The van der Waals surface area contributed by atoms with Gasteiger partial charge in [-0.15, -0.1) is 0 Å². The fraction of sp³-hybridized carbons (Fsp3) is 0.286. The molecule has 20 heavy (non-hydrogen) atoms. The average Bonchev–Trinajstić information content (AvgIpc) is 2.86. The number of nitrogens with one attached hydrogen (secondary N) is 1. The third-order valence-corrected chi connectivity index (χ3v) is 5.06. The molecule has 1 unspecified atom stereocenters. The first-order valence-electron chi connectivity index (χ1n) is 6.35. The molecule has 0 bridgehead atoms. The van der Waals surface area contributed by atoms with E-state index in [1.807, 2.05) is 13.0 Å². The molecule has 0 amide bonds. The summed E-state index contributed by atoms with van der Waals surface area (Å²) < 4.78 is 38.2. The largest absolute Gasteiger partial charge is 0.337 e. The van der Waals surface area contributed by atoms with Gasteiger partial charge in [-0.1, -0.05) is 19.1 Å². The zero-order chi connectivity index (χ0) is 14.8. The van der Waals surface area contributed by atoms with E-state index in [1.165, 1.54) is 18.3 Å². The lowest BCUT2D eigenvalue weighted by Gasteiger charge is -2.12. The van der Waals surface area contributed by atoms with Gasteiger partial charge in [0.1, 0.15) is 4.90 Å². The summed E-state index contributed by atoms with van der Waals surface area (Å²) in [7, 11) is -3.83. The van der Waals surface area contributed by atoms with E-state index in [0.29, 0.717) is 6.54 Å². The highest BCUT2D eigenvalue weighted by molar-refractivity contribution is 7.91.